The SMILES string of the molecule is CC(C)(C)[Si](OC1C2CC2C[C@H]1C=O)(c1ccccc1)c1ccccc1. The molecule has 2 aromatic rings. The van der Waals surface area contributed by atoms with Crippen molar-refractivity contribution in [2.24, 2.45) is 17.8 Å². The Morgan fingerprint density at radius 3 is 1.92 bits per heavy atom. The molecule has 0 heterocycles. The van der Waals surface area contributed by atoms with Crippen molar-refractivity contribution in [3.8, 4) is 0 Å². The van der Waals surface area contributed by atoms with E-state index in [9.17, 15) is 4.79 Å². The van der Waals surface area contributed by atoms with Crippen LogP contribution in [0.15, 0.2) is 60.7 Å². The molecule has 0 aromatic heterocycles. The van der Waals surface area contributed by atoms with Gasteiger partial charge in [0.2, 0.25) is 0 Å². The van der Waals surface area contributed by atoms with Crippen LogP contribution in [0.2, 0.25) is 5.04 Å². The number of hydrogen-bond acceptors (Lipinski definition) is 2. The first-order valence-electron chi connectivity index (χ1n) is 9.71. The van der Waals surface area contributed by atoms with Gasteiger partial charge in [0, 0.05) is 5.92 Å². The summed E-state index contributed by atoms with van der Waals surface area (Å²) in [6.07, 6.45) is 3.46. The van der Waals surface area contributed by atoms with E-state index in [1.54, 1.807) is 0 Å². The summed E-state index contributed by atoms with van der Waals surface area (Å²) in [5, 5.41) is 2.57. The first-order valence-corrected chi connectivity index (χ1v) is 11.6. The van der Waals surface area contributed by atoms with Crippen LogP contribution in [0.25, 0.3) is 0 Å². The summed E-state index contributed by atoms with van der Waals surface area (Å²) in [6, 6.07) is 21.5. The second-order valence-corrected chi connectivity index (χ2v) is 13.2. The Balaban J connectivity index is 1.87. The van der Waals surface area contributed by atoms with Crippen molar-refractivity contribution in [3.05, 3.63) is 60.7 Å². The molecule has 0 bridgehead atoms. The molecule has 3 heteroatoms. The quantitative estimate of drug-likeness (QED) is 0.596. The standard InChI is InChI=1S/C23H28O2Si/c1-23(2,3)26(19-10-6-4-7-11-19,20-12-8-5-9-13-20)25-22-18(16-24)14-17-15-21(17)22/h4-13,16-18,21-22H,14-15H2,1-3H3/t17?,18-,21?,22?/m0/s1. The summed E-state index contributed by atoms with van der Waals surface area (Å²) in [6.45, 7) is 6.90. The summed E-state index contributed by atoms with van der Waals surface area (Å²) in [7, 11) is -2.55. The molecule has 0 N–H and O–H groups in total. The van der Waals surface area contributed by atoms with Gasteiger partial charge < -0.3 is 9.22 Å². The Labute approximate surface area is 157 Å². The Bertz CT molecular complexity index is 726. The van der Waals surface area contributed by atoms with Gasteiger partial charge in [0.05, 0.1) is 6.10 Å². The lowest BCUT2D eigenvalue weighted by Crippen LogP contribution is -2.68. The van der Waals surface area contributed by atoms with Gasteiger partial charge in [-0.15, -0.1) is 0 Å². The minimum atomic E-state index is -2.55. The van der Waals surface area contributed by atoms with Crippen LogP contribution >= 0.6 is 0 Å². The van der Waals surface area contributed by atoms with Crippen LogP contribution < -0.4 is 10.4 Å². The van der Waals surface area contributed by atoms with Gasteiger partial charge >= 0.3 is 0 Å². The Hall–Kier alpha value is -1.71. The molecule has 0 saturated heterocycles. The topological polar surface area (TPSA) is 26.3 Å². The number of benzene rings is 2. The molecule has 2 aliphatic rings. The molecule has 0 aliphatic heterocycles. The molecule has 2 aromatic carbocycles. The molecule has 2 saturated carbocycles. The van der Waals surface area contributed by atoms with Crippen LogP contribution in [-0.4, -0.2) is 20.7 Å². The maximum atomic E-state index is 11.7. The zero-order valence-corrected chi connectivity index (χ0v) is 16.9. The molecular formula is C23H28O2Si. The van der Waals surface area contributed by atoms with Crippen molar-refractivity contribution >= 4 is 25.0 Å². The molecular weight excluding hydrogens is 336 g/mol. The van der Waals surface area contributed by atoms with E-state index >= 15 is 0 Å². The number of fused-ring (bicyclic) bond motifs is 1. The first kappa shape index (κ1) is 17.7. The largest absolute Gasteiger partial charge is 0.403 e. The van der Waals surface area contributed by atoms with Gasteiger partial charge in [0.25, 0.3) is 8.32 Å². The average Bonchev–Trinajstić information content (AvgIpc) is 3.33. The van der Waals surface area contributed by atoms with Crippen LogP contribution in [0.4, 0.5) is 0 Å². The maximum Gasteiger partial charge on any atom is 0.261 e. The van der Waals surface area contributed by atoms with Crippen molar-refractivity contribution in [1.82, 2.24) is 0 Å². The van der Waals surface area contributed by atoms with E-state index in [0.29, 0.717) is 11.8 Å². The average molecular weight is 365 g/mol. The summed E-state index contributed by atoms with van der Waals surface area (Å²) in [5.74, 6) is 1.33. The molecule has 2 aliphatic carbocycles. The highest BCUT2D eigenvalue weighted by Gasteiger charge is 2.59. The molecule has 4 atom stereocenters. The Kier molecular flexibility index (Phi) is 4.40. The molecule has 4 rings (SSSR count). The predicted molar refractivity (Wildman–Crippen MR) is 108 cm³/mol. The number of hydrogen-bond donors (Lipinski definition) is 0. The Morgan fingerprint density at radius 1 is 0.923 bits per heavy atom. The van der Waals surface area contributed by atoms with Crippen molar-refractivity contribution < 1.29 is 9.22 Å². The van der Waals surface area contributed by atoms with E-state index in [0.717, 1.165) is 12.7 Å². The molecule has 26 heavy (non-hydrogen) atoms. The number of aldehydes is 1. The van der Waals surface area contributed by atoms with Gasteiger partial charge in [-0.2, -0.15) is 0 Å². The smallest absolute Gasteiger partial charge is 0.261 e. The molecule has 0 spiro atoms. The van der Waals surface area contributed by atoms with Gasteiger partial charge in [0.1, 0.15) is 6.29 Å². The van der Waals surface area contributed by atoms with E-state index in [-0.39, 0.29) is 17.1 Å². The van der Waals surface area contributed by atoms with Gasteiger partial charge in [-0.1, -0.05) is 81.4 Å². The van der Waals surface area contributed by atoms with Crippen molar-refractivity contribution in [3.63, 3.8) is 0 Å². The highest BCUT2D eigenvalue weighted by molar-refractivity contribution is 6.99. The minimum absolute atomic E-state index is 0.0316. The lowest BCUT2D eigenvalue weighted by atomic mass is 10.0. The molecule has 0 amide bonds. The number of rotatable bonds is 5. The summed E-state index contributed by atoms with van der Waals surface area (Å²) in [4.78, 5) is 11.7. The number of carbonyl (C=O) groups is 1. The predicted octanol–water partition coefficient (Wildman–Crippen LogP) is 3.79. The fourth-order valence-corrected chi connectivity index (χ4v) is 9.72. The Morgan fingerprint density at radius 2 is 1.46 bits per heavy atom. The zero-order chi connectivity index (χ0) is 18.4. The third-order valence-electron chi connectivity index (χ3n) is 6.30. The van der Waals surface area contributed by atoms with E-state index < -0.39 is 8.32 Å². The monoisotopic (exact) mass is 364 g/mol. The van der Waals surface area contributed by atoms with Crippen molar-refractivity contribution in [2.75, 3.05) is 0 Å². The fourth-order valence-electron chi connectivity index (χ4n) is 4.95. The third-order valence-corrected chi connectivity index (χ3v) is 11.3. The summed E-state index contributed by atoms with van der Waals surface area (Å²) < 4.78 is 7.20. The lowest BCUT2D eigenvalue weighted by molar-refractivity contribution is -0.113. The zero-order valence-electron chi connectivity index (χ0n) is 15.9. The van der Waals surface area contributed by atoms with Crippen molar-refractivity contribution in [1.29, 1.82) is 0 Å². The second kappa shape index (κ2) is 6.47. The van der Waals surface area contributed by atoms with Crippen LogP contribution in [0, 0.1) is 17.8 Å². The molecule has 2 fully saturated rings. The van der Waals surface area contributed by atoms with Gasteiger partial charge in [-0.05, 0) is 40.1 Å². The molecule has 136 valence electrons. The summed E-state index contributed by atoms with van der Waals surface area (Å²) >= 11 is 0. The highest BCUT2D eigenvalue weighted by atomic mass is 28.4. The van der Waals surface area contributed by atoms with E-state index in [1.165, 1.54) is 16.8 Å². The fraction of sp³-hybridized carbons (Fsp3) is 0.435. The van der Waals surface area contributed by atoms with Crippen LogP contribution in [0.3, 0.4) is 0 Å². The molecule has 2 nitrogen and oxygen atoms in total. The van der Waals surface area contributed by atoms with E-state index in [4.69, 9.17) is 4.43 Å². The normalized spacial score (nSPS) is 27.8. The van der Waals surface area contributed by atoms with Crippen molar-refractivity contribution in [2.45, 2.75) is 44.8 Å². The van der Waals surface area contributed by atoms with Gasteiger partial charge in [0.15, 0.2) is 0 Å². The van der Waals surface area contributed by atoms with Crippen LogP contribution in [-0.2, 0) is 9.22 Å². The highest BCUT2D eigenvalue weighted by Crippen LogP contribution is 2.56. The third kappa shape index (κ3) is 2.78. The van der Waals surface area contributed by atoms with Gasteiger partial charge in [-0.3, -0.25) is 0 Å². The van der Waals surface area contributed by atoms with Crippen LogP contribution in [0.5, 0.6) is 0 Å². The van der Waals surface area contributed by atoms with Crippen LogP contribution in [0.1, 0.15) is 33.6 Å². The van der Waals surface area contributed by atoms with E-state index in [1.807, 2.05) is 0 Å². The number of carbonyl (C=O) groups excluding carboxylic acids is 1. The van der Waals surface area contributed by atoms with Gasteiger partial charge in [-0.25, -0.2) is 0 Å². The minimum Gasteiger partial charge on any atom is -0.403 e. The first-order chi connectivity index (χ1) is 12.5. The maximum absolute atomic E-state index is 11.7. The summed E-state index contributed by atoms with van der Waals surface area (Å²) in [5.41, 5.74) is 0. The lowest BCUT2D eigenvalue weighted by Gasteiger charge is -2.45. The van der Waals surface area contributed by atoms with E-state index in [2.05, 4.69) is 81.4 Å². The second-order valence-electron chi connectivity index (χ2n) is 8.94. The molecule has 0 radical (unpaired) electrons. The molecule has 3 unspecified atom stereocenters.